The predicted octanol–water partition coefficient (Wildman–Crippen LogP) is 1.97. The molecular formula is C16H28N4O2S. The molecule has 7 heteroatoms. The van der Waals surface area contributed by atoms with Gasteiger partial charge in [-0.3, -0.25) is 0 Å². The lowest BCUT2D eigenvalue weighted by molar-refractivity contribution is 0.441. The first kappa shape index (κ1) is 18.0. The highest BCUT2D eigenvalue weighted by molar-refractivity contribution is 7.90. The highest BCUT2D eigenvalue weighted by atomic mass is 32.2. The van der Waals surface area contributed by atoms with Crippen LogP contribution in [-0.4, -0.2) is 43.5 Å². The van der Waals surface area contributed by atoms with Crippen molar-refractivity contribution in [3.63, 3.8) is 0 Å². The average molecular weight is 340 g/mol. The van der Waals surface area contributed by atoms with Gasteiger partial charge in [0.05, 0.1) is 5.75 Å². The van der Waals surface area contributed by atoms with Crippen molar-refractivity contribution in [3.05, 3.63) is 11.3 Å². The van der Waals surface area contributed by atoms with Crippen molar-refractivity contribution < 1.29 is 8.42 Å². The zero-order valence-electron chi connectivity index (χ0n) is 14.4. The lowest BCUT2D eigenvalue weighted by Gasteiger charge is -2.34. The number of piperidine rings is 1. The molecule has 0 aromatic carbocycles. The third-order valence-electron chi connectivity index (χ3n) is 4.35. The maximum Gasteiger partial charge on any atom is 0.222 e. The van der Waals surface area contributed by atoms with Crippen LogP contribution in [0.25, 0.3) is 0 Å². The van der Waals surface area contributed by atoms with Crippen LogP contribution >= 0.6 is 0 Å². The van der Waals surface area contributed by atoms with Gasteiger partial charge in [-0.15, -0.1) is 0 Å². The first-order valence-corrected chi connectivity index (χ1v) is 10.4. The van der Waals surface area contributed by atoms with Crippen LogP contribution in [0.15, 0.2) is 0 Å². The molecule has 1 saturated heterocycles. The molecule has 0 spiro atoms. The fraction of sp³-hybridized carbons (Fsp3) is 0.750. The van der Waals surface area contributed by atoms with E-state index in [-0.39, 0.29) is 11.7 Å². The Bertz CT molecular complexity index is 646. The molecule has 0 saturated carbocycles. The number of sulfone groups is 1. The number of unbranched alkanes of at least 4 members (excludes halogenated alkanes) is 1. The Kier molecular flexibility index (Phi) is 5.84. The van der Waals surface area contributed by atoms with Gasteiger partial charge < -0.3 is 10.6 Å². The largest absolute Gasteiger partial charge is 0.368 e. The molecule has 2 rings (SSSR count). The van der Waals surface area contributed by atoms with E-state index in [1.54, 1.807) is 0 Å². The van der Waals surface area contributed by atoms with Gasteiger partial charge in [-0.2, -0.15) is 4.98 Å². The normalized spacial score (nSPS) is 19.1. The Morgan fingerprint density at radius 1 is 1.35 bits per heavy atom. The van der Waals surface area contributed by atoms with E-state index < -0.39 is 9.84 Å². The third kappa shape index (κ3) is 5.06. The van der Waals surface area contributed by atoms with Crippen LogP contribution in [0.2, 0.25) is 0 Å². The average Bonchev–Trinajstić information content (AvgIpc) is 2.44. The minimum Gasteiger partial charge on any atom is -0.368 e. The van der Waals surface area contributed by atoms with Crippen molar-refractivity contribution in [2.75, 3.05) is 35.7 Å². The van der Waals surface area contributed by atoms with Crippen molar-refractivity contribution in [2.45, 2.75) is 46.0 Å². The number of rotatable bonds is 6. The van der Waals surface area contributed by atoms with E-state index in [9.17, 15) is 8.42 Å². The molecule has 0 bridgehead atoms. The number of aromatic nitrogens is 2. The quantitative estimate of drug-likeness (QED) is 0.851. The molecule has 1 aromatic heterocycles. The Hall–Kier alpha value is -1.37. The molecule has 6 nitrogen and oxygen atoms in total. The Morgan fingerprint density at radius 2 is 2.09 bits per heavy atom. The van der Waals surface area contributed by atoms with E-state index in [1.165, 1.54) is 6.26 Å². The smallest absolute Gasteiger partial charge is 0.222 e. The highest BCUT2D eigenvalue weighted by Gasteiger charge is 2.26. The summed E-state index contributed by atoms with van der Waals surface area (Å²) in [4.78, 5) is 11.0. The second kappa shape index (κ2) is 7.47. The molecule has 1 unspecified atom stereocenters. The second-order valence-electron chi connectivity index (χ2n) is 6.62. The van der Waals surface area contributed by atoms with Crippen molar-refractivity contribution in [3.8, 4) is 0 Å². The molecule has 1 atom stereocenters. The monoisotopic (exact) mass is 340 g/mol. The van der Waals surface area contributed by atoms with Crippen molar-refractivity contribution >= 4 is 21.6 Å². The van der Waals surface area contributed by atoms with Crippen LogP contribution in [-0.2, 0) is 16.3 Å². The van der Waals surface area contributed by atoms with Crippen LogP contribution in [0.1, 0.15) is 43.9 Å². The Labute approximate surface area is 139 Å². The Balaban J connectivity index is 2.25. The third-order valence-corrected chi connectivity index (χ3v) is 5.42. The van der Waals surface area contributed by atoms with E-state index in [1.807, 2.05) is 6.92 Å². The maximum absolute atomic E-state index is 11.6. The van der Waals surface area contributed by atoms with Crippen LogP contribution in [0.4, 0.5) is 11.8 Å². The highest BCUT2D eigenvalue weighted by Crippen LogP contribution is 2.28. The maximum atomic E-state index is 11.6. The van der Waals surface area contributed by atoms with Gasteiger partial charge in [0.2, 0.25) is 5.95 Å². The van der Waals surface area contributed by atoms with Gasteiger partial charge in [-0.05, 0) is 38.5 Å². The van der Waals surface area contributed by atoms with Crippen LogP contribution in [0.5, 0.6) is 0 Å². The number of anilines is 2. The van der Waals surface area contributed by atoms with Gasteiger partial charge in [-0.25, -0.2) is 13.4 Å². The molecule has 0 amide bonds. The fourth-order valence-electron chi connectivity index (χ4n) is 3.33. The molecule has 23 heavy (non-hydrogen) atoms. The fourth-order valence-corrected chi connectivity index (χ4v) is 4.46. The number of hydrogen-bond acceptors (Lipinski definition) is 6. The molecule has 1 fully saturated rings. The predicted molar refractivity (Wildman–Crippen MR) is 94.4 cm³/mol. The van der Waals surface area contributed by atoms with E-state index >= 15 is 0 Å². The second-order valence-corrected chi connectivity index (χ2v) is 8.80. The van der Waals surface area contributed by atoms with E-state index in [2.05, 4.69) is 21.8 Å². The molecular weight excluding hydrogens is 312 g/mol. The summed E-state index contributed by atoms with van der Waals surface area (Å²) >= 11 is 0. The zero-order chi connectivity index (χ0) is 17.0. The molecule has 2 N–H and O–H groups in total. The van der Waals surface area contributed by atoms with Crippen molar-refractivity contribution in [2.24, 2.45) is 5.92 Å². The van der Waals surface area contributed by atoms with E-state index in [4.69, 9.17) is 5.73 Å². The van der Waals surface area contributed by atoms with Gasteiger partial charge in [0.15, 0.2) is 0 Å². The summed E-state index contributed by atoms with van der Waals surface area (Å²) in [7, 11) is -2.95. The summed E-state index contributed by atoms with van der Waals surface area (Å²) in [6.45, 7) is 5.76. The van der Waals surface area contributed by atoms with Gasteiger partial charge >= 0.3 is 0 Å². The SMILES string of the molecule is CCCCc1c(C)nc(N)nc1N1CCCC(CS(C)(=O)=O)C1. The topological polar surface area (TPSA) is 89.2 Å². The minimum atomic E-state index is -2.95. The molecule has 1 aliphatic rings. The van der Waals surface area contributed by atoms with Crippen molar-refractivity contribution in [1.29, 1.82) is 0 Å². The lowest BCUT2D eigenvalue weighted by Crippen LogP contribution is -2.39. The Morgan fingerprint density at radius 3 is 2.74 bits per heavy atom. The number of hydrogen-bond donors (Lipinski definition) is 1. The first-order chi connectivity index (χ1) is 10.8. The van der Waals surface area contributed by atoms with Crippen molar-refractivity contribution in [1.82, 2.24) is 9.97 Å². The number of nitrogen functional groups attached to an aromatic ring is 1. The summed E-state index contributed by atoms with van der Waals surface area (Å²) in [5.74, 6) is 1.60. The number of nitrogens with two attached hydrogens (primary N) is 1. The summed E-state index contributed by atoms with van der Waals surface area (Å²) in [6, 6.07) is 0. The zero-order valence-corrected chi connectivity index (χ0v) is 15.2. The summed E-state index contributed by atoms with van der Waals surface area (Å²) < 4.78 is 23.2. The van der Waals surface area contributed by atoms with Gasteiger partial charge in [0.1, 0.15) is 15.7 Å². The van der Waals surface area contributed by atoms with Crippen LogP contribution < -0.4 is 10.6 Å². The number of nitrogens with zero attached hydrogens (tertiary/aromatic N) is 3. The summed E-state index contributed by atoms with van der Waals surface area (Å²) in [5.41, 5.74) is 7.95. The van der Waals surface area contributed by atoms with Gasteiger partial charge in [0.25, 0.3) is 0 Å². The van der Waals surface area contributed by atoms with Gasteiger partial charge in [0, 0.05) is 30.6 Å². The summed E-state index contributed by atoms with van der Waals surface area (Å²) in [6.07, 6.45) is 6.38. The molecule has 2 heterocycles. The van der Waals surface area contributed by atoms with E-state index in [0.29, 0.717) is 5.95 Å². The molecule has 0 aliphatic carbocycles. The number of aryl methyl sites for hydroxylation is 1. The van der Waals surface area contributed by atoms with Crippen LogP contribution in [0, 0.1) is 12.8 Å². The lowest BCUT2D eigenvalue weighted by atomic mass is 9.98. The van der Waals surface area contributed by atoms with Crippen LogP contribution in [0.3, 0.4) is 0 Å². The summed E-state index contributed by atoms with van der Waals surface area (Å²) in [5, 5.41) is 0. The standard InChI is InChI=1S/C16H28N4O2S/c1-4-5-8-14-12(2)18-16(17)19-15(14)20-9-6-7-13(10-20)11-23(3,21)22/h13H,4-11H2,1-3H3,(H2,17,18,19). The minimum absolute atomic E-state index is 0.161. The van der Waals surface area contributed by atoms with E-state index in [0.717, 1.165) is 62.3 Å². The first-order valence-electron chi connectivity index (χ1n) is 8.35. The molecule has 130 valence electrons. The molecule has 1 aliphatic heterocycles. The molecule has 1 aromatic rings. The molecule has 0 radical (unpaired) electrons. The van der Waals surface area contributed by atoms with Gasteiger partial charge in [-0.1, -0.05) is 13.3 Å².